The van der Waals surface area contributed by atoms with Crippen molar-refractivity contribution >= 4 is 17.3 Å². The van der Waals surface area contributed by atoms with Crippen LogP contribution in [0.1, 0.15) is 12.5 Å². The van der Waals surface area contributed by atoms with Crippen LogP contribution in [0.2, 0.25) is 0 Å². The van der Waals surface area contributed by atoms with Crippen molar-refractivity contribution in [1.29, 1.82) is 0 Å². The summed E-state index contributed by atoms with van der Waals surface area (Å²) in [4.78, 5) is 11.0. The zero-order valence-corrected chi connectivity index (χ0v) is 11.3. The molecule has 0 fully saturated rings. The van der Waals surface area contributed by atoms with Gasteiger partial charge in [0.2, 0.25) is 5.91 Å². The molecule has 21 heavy (non-hydrogen) atoms. The molecule has 0 saturated heterocycles. The zero-order chi connectivity index (χ0) is 15.4. The van der Waals surface area contributed by atoms with Crippen LogP contribution < -0.4 is 10.6 Å². The number of phenolic OH excluding ortho intramolecular Hbond substituents is 1. The maximum atomic E-state index is 13.5. The summed E-state index contributed by atoms with van der Waals surface area (Å²) < 4.78 is 26.7. The van der Waals surface area contributed by atoms with Crippen molar-refractivity contribution in [1.82, 2.24) is 0 Å². The summed E-state index contributed by atoms with van der Waals surface area (Å²) in [6, 6.07) is 8.33. The Labute approximate surface area is 120 Å². The summed E-state index contributed by atoms with van der Waals surface area (Å²) in [6.07, 6.45) is 0. The van der Waals surface area contributed by atoms with Crippen molar-refractivity contribution in [3.8, 4) is 5.75 Å². The predicted octanol–water partition coefficient (Wildman–Crippen LogP) is 3.24. The Morgan fingerprint density at radius 2 is 1.95 bits per heavy atom. The molecule has 4 nitrogen and oxygen atoms in total. The molecule has 0 unspecified atom stereocenters. The first-order valence-electron chi connectivity index (χ1n) is 6.24. The molecule has 0 aliphatic rings. The quantitative estimate of drug-likeness (QED) is 0.810. The first-order valence-corrected chi connectivity index (χ1v) is 6.24. The molecule has 2 aromatic rings. The Kier molecular flexibility index (Phi) is 4.37. The molecular weight excluding hydrogens is 278 g/mol. The molecule has 0 spiro atoms. The number of hydrogen-bond acceptors (Lipinski definition) is 3. The molecule has 2 rings (SSSR count). The number of para-hydroxylation sites is 1. The SMILES string of the molecule is CC(=O)Nc1cc(NCc2cccc(F)c2O)ccc1F. The minimum atomic E-state index is -0.702. The molecule has 0 aliphatic carbocycles. The van der Waals surface area contributed by atoms with Gasteiger partial charge in [-0.05, 0) is 24.3 Å². The highest BCUT2D eigenvalue weighted by Crippen LogP contribution is 2.23. The van der Waals surface area contributed by atoms with E-state index in [1.807, 2.05) is 0 Å². The van der Waals surface area contributed by atoms with Gasteiger partial charge in [-0.3, -0.25) is 4.79 Å². The molecular formula is C15H14F2N2O2. The standard InChI is InChI=1S/C15H14F2N2O2/c1-9(20)19-14-7-11(5-6-12(14)16)18-8-10-3-2-4-13(17)15(10)21/h2-7,18,21H,8H2,1H3,(H,19,20). The lowest BCUT2D eigenvalue weighted by Crippen LogP contribution is -2.08. The van der Waals surface area contributed by atoms with Crippen LogP contribution in [-0.2, 0) is 11.3 Å². The summed E-state index contributed by atoms with van der Waals surface area (Å²) in [5.41, 5.74) is 0.958. The van der Waals surface area contributed by atoms with E-state index in [-0.39, 0.29) is 18.1 Å². The molecule has 3 N–H and O–H groups in total. The van der Waals surface area contributed by atoms with Gasteiger partial charge in [-0.1, -0.05) is 12.1 Å². The van der Waals surface area contributed by atoms with Crippen molar-refractivity contribution < 1.29 is 18.7 Å². The molecule has 0 aliphatic heterocycles. The number of benzene rings is 2. The second-order valence-electron chi connectivity index (χ2n) is 4.48. The molecule has 0 heterocycles. The van der Waals surface area contributed by atoms with E-state index >= 15 is 0 Å². The summed E-state index contributed by atoms with van der Waals surface area (Å²) in [5, 5.41) is 14.9. The van der Waals surface area contributed by atoms with Gasteiger partial charge in [0.25, 0.3) is 0 Å². The lowest BCUT2D eigenvalue weighted by atomic mass is 10.2. The smallest absolute Gasteiger partial charge is 0.221 e. The molecule has 0 bridgehead atoms. The Bertz CT molecular complexity index is 675. The highest BCUT2D eigenvalue weighted by molar-refractivity contribution is 5.89. The third-order valence-corrected chi connectivity index (χ3v) is 2.83. The summed E-state index contributed by atoms with van der Waals surface area (Å²) in [7, 11) is 0. The summed E-state index contributed by atoms with van der Waals surface area (Å²) in [6.45, 7) is 1.44. The van der Waals surface area contributed by atoms with Gasteiger partial charge < -0.3 is 15.7 Å². The Hall–Kier alpha value is -2.63. The average molecular weight is 292 g/mol. The van der Waals surface area contributed by atoms with Gasteiger partial charge in [0, 0.05) is 24.7 Å². The number of carbonyl (C=O) groups excluding carboxylic acids is 1. The fraction of sp³-hybridized carbons (Fsp3) is 0.133. The number of hydrogen-bond donors (Lipinski definition) is 3. The van der Waals surface area contributed by atoms with Gasteiger partial charge in [-0.25, -0.2) is 8.78 Å². The number of halogens is 2. The first kappa shape index (κ1) is 14.8. The van der Waals surface area contributed by atoms with E-state index < -0.39 is 17.4 Å². The van der Waals surface area contributed by atoms with Crippen LogP contribution in [0.25, 0.3) is 0 Å². The third-order valence-electron chi connectivity index (χ3n) is 2.83. The van der Waals surface area contributed by atoms with Crippen molar-refractivity contribution in [2.75, 3.05) is 10.6 Å². The largest absolute Gasteiger partial charge is 0.505 e. The fourth-order valence-corrected chi connectivity index (χ4v) is 1.82. The van der Waals surface area contributed by atoms with Gasteiger partial charge in [-0.15, -0.1) is 0 Å². The van der Waals surface area contributed by atoms with E-state index in [1.54, 1.807) is 6.07 Å². The molecule has 0 aromatic heterocycles. The second-order valence-corrected chi connectivity index (χ2v) is 4.48. The zero-order valence-electron chi connectivity index (χ0n) is 11.3. The normalized spacial score (nSPS) is 10.2. The number of anilines is 2. The lowest BCUT2D eigenvalue weighted by Gasteiger charge is -2.11. The third kappa shape index (κ3) is 3.68. The van der Waals surface area contributed by atoms with E-state index in [1.165, 1.54) is 31.2 Å². The first-order chi connectivity index (χ1) is 9.97. The lowest BCUT2D eigenvalue weighted by molar-refractivity contribution is -0.114. The average Bonchev–Trinajstić information content (AvgIpc) is 2.43. The molecule has 6 heteroatoms. The number of phenols is 1. The van der Waals surface area contributed by atoms with E-state index in [4.69, 9.17) is 0 Å². The minimum Gasteiger partial charge on any atom is -0.505 e. The second kappa shape index (κ2) is 6.21. The highest BCUT2D eigenvalue weighted by Gasteiger charge is 2.08. The van der Waals surface area contributed by atoms with Crippen molar-refractivity contribution in [3.63, 3.8) is 0 Å². The summed E-state index contributed by atoms with van der Waals surface area (Å²) in [5.74, 6) is -2.06. The van der Waals surface area contributed by atoms with Crippen molar-refractivity contribution in [3.05, 3.63) is 53.6 Å². The monoisotopic (exact) mass is 292 g/mol. The van der Waals surface area contributed by atoms with Gasteiger partial charge in [-0.2, -0.15) is 0 Å². The van der Waals surface area contributed by atoms with Gasteiger partial charge >= 0.3 is 0 Å². The Morgan fingerprint density at radius 3 is 2.67 bits per heavy atom. The molecule has 0 saturated carbocycles. The van der Waals surface area contributed by atoms with E-state index in [2.05, 4.69) is 10.6 Å². The minimum absolute atomic E-state index is 0.0518. The van der Waals surface area contributed by atoms with Crippen LogP contribution in [0.4, 0.5) is 20.2 Å². The van der Waals surface area contributed by atoms with Gasteiger partial charge in [0.1, 0.15) is 5.82 Å². The number of amides is 1. The van der Waals surface area contributed by atoms with Crippen molar-refractivity contribution in [2.45, 2.75) is 13.5 Å². The van der Waals surface area contributed by atoms with Crippen LogP contribution in [0.15, 0.2) is 36.4 Å². The van der Waals surface area contributed by atoms with Crippen LogP contribution >= 0.6 is 0 Å². The predicted molar refractivity (Wildman–Crippen MR) is 76.1 cm³/mol. The van der Waals surface area contributed by atoms with E-state index in [0.29, 0.717) is 11.3 Å². The Balaban J connectivity index is 2.13. The maximum absolute atomic E-state index is 13.5. The Morgan fingerprint density at radius 1 is 1.19 bits per heavy atom. The van der Waals surface area contributed by atoms with Crippen LogP contribution in [0.5, 0.6) is 5.75 Å². The van der Waals surface area contributed by atoms with Crippen LogP contribution in [-0.4, -0.2) is 11.0 Å². The number of carbonyl (C=O) groups is 1. The number of rotatable bonds is 4. The maximum Gasteiger partial charge on any atom is 0.221 e. The topological polar surface area (TPSA) is 61.4 Å². The van der Waals surface area contributed by atoms with Gasteiger partial charge in [0.05, 0.1) is 5.69 Å². The van der Waals surface area contributed by atoms with Gasteiger partial charge in [0.15, 0.2) is 11.6 Å². The van der Waals surface area contributed by atoms with Crippen LogP contribution in [0, 0.1) is 11.6 Å². The molecule has 2 aromatic carbocycles. The van der Waals surface area contributed by atoms with E-state index in [0.717, 1.165) is 6.07 Å². The molecule has 110 valence electrons. The van der Waals surface area contributed by atoms with Crippen molar-refractivity contribution in [2.24, 2.45) is 0 Å². The number of aromatic hydroxyl groups is 1. The summed E-state index contributed by atoms with van der Waals surface area (Å²) >= 11 is 0. The van der Waals surface area contributed by atoms with E-state index in [9.17, 15) is 18.7 Å². The fourth-order valence-electron chi connectivity index (χ4n) is 1.82. The molecule has 1 amide bonds. The van der Waals surface area contributed by atoms with Crippen LogP contribution in [0.3, 0.4) is 0 Å². The molecule has 0 radical (unpaired) electrons. The number of nitrogens with one attached hydrogen (secondary N) is 2. The molecule has 0 atom stereocenters. The highest BCUT2D eigenvalue weighted by atomic mass is 19.1.